The van der Waals surface area contributed by atoms with Gasteiger partial charge in [-0.05, 0) is 25.9 Å². The summed E-state index contributed by atoms with van der Waals surface area (Å²) in [6.45, 7) is 3.09. The highest BCUT2D eigenvalue weighted by Gasteiger charge is 2.50. The highest BCUT2D eigenvalue weighted by molar-refractivity contribution is 5.85. The highest BCUT2D eigenvalue weighted by atomic mass is 35.5. The maximum Gasteiger partial charge on any atom is 0.222 e. The fraction of sp³-hybridized carbons (Fsp3) is 0.789. The predicted molar refractivity (Wildman–Crippen MR) is 116 cm³/mol. The Kier molecular flexibility index (Phi) is 9.80. The van der Waals surface area contributed by atoms with E-state index < -0.39 is 6.10 Å². The second-order valence-corrected chi connectivity index (χ2v) is 8.03. The summed E-state index contributed by atoms with van der Waals surface area (Å²) in [5.74, 6) is 0.729. The largest absolute Gasteiger partial charge is 0.388 e. The molecule has 11 heteroatoms. The number of halogens is 2. The topological polar surface area (TPSA) is 110 Å². The molecule has 0 radical (unpaired) electrons. The third-order valence-electron chi connectivity index (χ3n) is 6.00. The Labute approximate surface area is 189 Å². The van der Waals surface area contributed by atoms with Gasteiger partial charge in [0, 0.05) is 38.4 Å². The van der Waals surface area contributed by atoms with Gasteiger partial charge in [-0.15, -0.1) is 24.8 Å². The number of hydrogen-bond acceptors (Lipinski definition) is 7. The smallest absolute Gasteiger partial charge is 0.222 e. The number of fused-ring (bicyclic) bond motifs is 1. The van der Waals surface area contributed by atoms with Crippen LogP contribution in [0, 0.1) is 0 Å². The van der Waals surface area contributed by atoms with Crippen LogP contribution in [0.3, 0.4) is 0 Å². The number of carbonyl (C=O) groups excluding carboxylic acids is 1. The summed E-state index contributed by atoms with van der Waals surface area (Å²) < 4.78 is 13.9. The third-order valence-corrected chi connectivity index (χ3v) is 6.00. The zero-order chi connectivity index (χ0) is 19.5. The van der Waals surface area contributed by atoms with E-state index in [1.807, 2.05) is 17.8 Å². The minimum atomic E-state index is -0.653. The van der Waals surface area contributed by atoms with Gasteiger partial charge >= 0.3 is 0 Å². The van der Waals surface area contributed by atoms with Gasteiger partial charge < -0.3 is 35.1 Å². The van der Waals surface area contributed by atoms with Gasteiger partial charge in [-0.25, -0.2) is 4.98 Å². The molecule has 4 N–H and O–H groups in total. The standard InChI is InChI=1S/C19H31N5O4.2ClH/c1-24-7-6-21-16(24)11-23-17(25)9-13-8-14-19(27-13)18(26)15(28-14)10-22-12-2-4-20-5-3-12;;/h6-7,12-15,18-20,22,26H,2-5,8-11H2,1H3,(H,23,25);2*1H/t13-,14+,15+,18+,19-;;/m0../s1. The summed E-state index contributed by atoms with van der Waals surface area (Å²) in [5.41, 5.74) is 0. The normalized spacial score (nSPS) is 30.9. The molecule has 0 bridgehead atoms. The molecule has 1 aromatic rings. The molecule has 172 valence electrons. The maximum absolute atomic E-state index is 12.2. The molecule has 3 aliphatic heterocycles. The van der Waals surface area contributed by atoms with Crippen molar-refractivity contribution in [3.05, 3.63) is 18.2 Å². The van der Waals surface area contributed by atoms with Crippen LogP contribution in [-0.4, -0.2) is 76.8 Å². The summed E-state index contributed by atoms with van der Waals surface area (Å²) in [5, 5.41) is 20.3. The minimum Gasteiger partial charge on any atom is -0.388 e. The van der Waals surface area contributed by atoms with Gasteiger partial charge in [0.1, 0.15) is 18.0 Å². The van der Waals surface area contributed by atoms with Crippen molar-refractivity contribution in [3.8, 4) is 0 Å². The van der Waals surface area contributed by atoms with E-state index in [-0.39, 0.29) is 61.6 Å². The average Bonchev–Trinajstić information content (AvgIpc) is 3.36. The second-order valence-electron chi connectivity index (χ2n) is 8.03. The van der Waals surface area contributed by atoms with E-state index in [9.17, 15) is 9.90 Å². The SMILES string of the molecule is Cl.Cl.Cn1ccnc1CNC(=O)C[C@@H]1C[C@H]2O[C@H](CNC3CCNCC3)[C@@H](O)[C@H]2O1. The lowest BCUT2D eigenvalue weighted by Crippen LogP contribution is -2.45. The number of nitrogens with one attached hydrogen (secondary N) is 3. The number of aliphatic hydroxyl groups is 1. The Hall–Kier alpha value is -0.940. The predicted octanol–water partition coefficient (Wildman–Crippen LogP) is -0.103. The fourth-order valence-corrected chi connectivity index (χ4v) is 4.34. The number of aliphatic hydroxyl groups excluding tert-OH is 1. The second kappa shape index (κ2) is 11.6. The molecule has 4 rings (SSSR count). The Balaban J connectivity index is 0.00000160. The molecule has 5 atom stereocenters. The number of aromatic nitrogens is 2. The first-order valence-corrected chi connectivity index (χ1v) is 10.3. The Morgan fingerprint density at radius 2 is 2.10 bits per heavy atom. The van der Waals surface area contributed by atoms with Crippen molar-refractivity contribution in [3.63, 3.8) is 0 Å². The summed E-state index contributed by atoms with van der Waals surface area (Å²) in [6, 6.07) is 0.480. The third kappa shape index (κ3) is 6.06. The van der Waals surface area contributed by atoms with E-state index in [0.29, 0.717) is 25.6 Å². The Morgan fingerprint density at radius 1 is 1.33 bits per heavy atom. The van der Waals surface area contributed by atoms with E-state index in [4.69, 9.17) is 9.47 Å². The van der Waals surface area contributed by atoms with Gasteiger partial charge in [-0.3, -0.25) is 4.79 Å². The van der Waals surface area contributed by atoms with E-state index in [1.54, 1.807) is 6.20 Å². The van der Waals surface area contributed by atoms with Crippen molar-refractivity contribution < 1.29 is 19.4 Å². The molecule has 0 unspecified atom stereocenters. The molecule has 0 aromatic carbocycles. The molecule has 4 heterocycles. The highest BCUT2D eigenvalue weighted by Crippen LogP contribution is 2.35. The Bertz CT molecular complexity index is 673. The number of aryl methyl sites for hydroxylation is 1. The van der Waals surface area contributed by atoms with Gasteiger partial charge in [0.2, 0.25) is 5.91 Å². The molecule has 1 aromatic heterocycles. The van der Waals surface area contributed by atoms with Crippen molar-refractivity contribution in [2.24, 2.45) is 7.05 Å². The number of nitrogens with zero attached hydrogens (tertiary/aromatic N) is 2. The van der Waals surface area contributed by atoms with E-state index in [1.165, 1.54) is 0 Å². The zero-order valence-electron chi connectivity index (χ0n) is 17.2. The number of rotatable bonds is 7. The molecular formula is C19H33Cl2N5O4. The van der Waals surface area contributed by atoms with Crippen LogP contribution in [0.4, 0.5) is 0 Å². The van der Waals surface area contributed by atoms with Crippen molar-refractivity contribution in [1.82, 2.24) is 25.5 Å². The van der Waals surface area contributed by atoms with Crippen molar-refractivity contribution >= 4 is 30.7 Å². The van der Waals surface area contributed by atoms with E-state index in [2.05, 4.69) is 20.9 Å². The molecule has 3 fully saturated rings. The number of imidazole rings is 1. The quantitative estimate of drug-likeness (QED) is 0.444. The number of hydrogen-bond donors (Lipinski definition) is 4. The van der Waals surface area contributed by atoms with Crippen molar-refractivity contribution in [2.75, 3.05) is 19.6 Å². The number of carbonyl (C=O) groups is 1. The van der Waals surface area contributed by atoms with Crippen LogP contribution in [0.1, 0.15) is 31.5 Å². The molecule has 1 amide bonds. The zero-order valence-corrected chi connectivity index (χ0v) is 18.8. The van der Waals surface area contributed by atoms with Crippen LogP contribution in [0.15, 0.2) is 12.4 Å². The molecule has 30 heavy (non-hydrogen) atoms. The molecular weight excluding hydrogens is 433 g/mol. The molecule has 0 spiro atoms. The average molecular weight is 466 g/mol. The van der Waals surface area contributed by atoms with Crippen LogP contribution in [0.25, 0.3) is 0 Å². The lowest BCUT2D eigenvalue weighted by Gasteiger charge is -2.26. The van der Waals surface area contributed by atoms with Crippen molar-refractivity contribution in [1.29, 1.82) is 0 Å². The first-order valence-electron chi connectivity index (χ1n) is 10.3. The summed E-state index contributed by atoms with van der Waals surface area (Å²) >= 11 is 0. The number of piperidine rings is 1. The van der Waals surface area contributed by atoms with Crippen LogP contribution < -0.4 is 16.0 Å². The maximum atomic E-state index is 12.2. The molecule has 9 nitrogen and oxygen atoms in total. The lowest BCUT2D eigenvalue weighted by atomic mass is 10.0. The van der Waals surface area contributed by atoms with Crippen LogP contribution in [-0.2, 0) is 27.9 Å². The summed E-state index contributed by atoms with van der Waals surface area (Å²) in [6.07, 6.45) is 5.06. The van der Waals surface area contributed by atoms with Crippen molar-refractivity contribution in [2.45, 2.75) is 68.8 Å². The monoisotopic (exact) mass is 465 g/mol. The molecule has 0 aliphatic carbocycles. The number of ether oxygens (including phenoxy) is 2. The lowest BCUT2D eigenvalue weighted by molar-refractivity contribution is -0.125. The Morgan fingerprint density at radius 3 is 2.77 bits per heavy atom. The molecule has 3 aliphatic rings. The first-order chi connectivity index (χ1) is 13.6. The van der Waals surface area contributed by atoms with Gasteiger partial charge in [-0.1, -0.05) is 0 Å². The van der Waals surface area contributed by atoms with Gasteiger partial charge in [0.05, 0.1) is 31.3 Å². The van der Waals surface area contributed by atoms with Gasteiger partial charge in [-0.2, -0.15) is 0 Å². The van der Waals surface area contributed by atoms with Gasteiger partial charge in [0.25, 0.3) is 0 Å². The van der Waals surface area contributed by atoms with Crippen LogP contribution >= 0.6 is 24.8 Å². The van der Waals surface area contributed by atoms with E-state index in [0.717, 1.165) is 31.8 Å². The minimum absolute atomic E-state index is 0. The van der Waals surface area contributed by atoms with Gasteiger partial charge in [0.15, 0.2) is 0 Å². The summed E-state index contributed by atoms with van der Waals surface area (Å²) in [7, 11) is 1.89. The van der Waals surface area contributed by atoms with E-state index >= 15 is 0 Å². The van der Waals surface area contributed by atoms with Crippen LogP contribution in [0.2, 0.25) is 0 Å². The number of amides is 1. The fourth-order valence-electron chi connectivity index (χ4n) is 4.34. The molecule has 0 saturated carbocycles. The molecule has 3 saturated heterocycles. The summed E-state index contributed by atoms with van der Waals surface area (Å²) in [4.78, 5) is 16.4. The van der Waals surface area contributed by atoms with Crippen LogP contribution in [0.5, 0.6) is 0 Å². The first kappa shape index (κ1) is 25.3.